The van der Waals surface area contributed by atoms with Gasteiger partial charge in [0.05, 0.1) is 16.0 Å². The number of amides is 3. The first-order valence-electron chi connectivity index (χ1n) is 13.7. The Morgan fingerprint density at radius 3 is 2.70 bits per heavy atom. The molecule has 2 aliphatic rings. The maximum absolute atomic E-state index is 13.5. The van der Waals surface area contributed by atoms with E-state index in [0.29, 0.717) is 27.1 Å². The predicted octanol–water partition coefficient (Wildman–Crippen LogP) is 3.30. The van der Waals surface area contributed by atoms with Gasteiger partial charge in [0, 0.05) is 22.4 Å². The predicted molar refractivity (Wildman–Crippen MR) is 170 cm³/mol. The molecule has 2 unspecified atom stereocenters. The number of nitro benzene ring substituents is 1. The molecule has 3 atom stereocenters. The maximum Gasteiger partial charge on any atom is 0.352 e. The number of thiophene rings is 1. The van der Waals surface area contributed by atoms with Crippen molar-refractivity contribution in [3.63, 3.8) is 0 Å². The van der Waals surface area contributed by atoms with E-state index in [-0.39, 0.29) is 17.1 Å². The number of carboxylic acid groups (broad SMARTS) is 1. The van der Waals surface area contributed by atoms with Crippen LogP contribution in [0.1, 0.15) is 10.9 Å². The number of nitrogens with zero attached hydrogens (tertiary/aromatic N) is 3. The number of aliphatic carboxylic acids is 1. The number of aromatic nitrogens is 2. The van der Waals surface area contributed by atoms with Crippen LogP contribution in [0.15, 0.2) is 82.5 Å². The van der Waals surface area contributed by atoms with Crippen molar-refractivity contribution in [2.75, 3.05) is 18.1 Å². The van der Waals surface area contributed by atoms with Gasteiger partial charge >= 0.3 is 11.7 Å². The number of carbonyl (C=O) groups excluding carboxylic acids is 3. The fourth-order valence-corrected chi connectivity index (χ4v) is 8.12. The number of hydrogen-bond acceptors (Lipinski definition) is 11. The second-order valence-corrected chi connectivity index (χ2v) is 13.1. The minimum atomic E-state index is -1.24. The number of fused-ring (bicyclic) bond motifs is 2. The third-order valence-corrected chi connectivity index (χ3v) is 10.4. The number of aromatic amines is 1. The molecule has 3 amide bonds. The lowest BCUT2D eigenvalue weighted by Gasteiger charge is -2.49. The molecule has 0 radical (unpaired) electrons. The van der Waals surface area contributed by atoms with Gasteiger partial charge in [-0.1, -0.05) is 42.1 Å². The highest BCUT2D eigenvalue weighted by molar-refractivity contribution is 8.01. The number of β-lactam (4-membered cyclic amide) rings is 1. The summed E-state index contributed by atoms with van der Waals surface area (Å²) in [5.41, 5.74) is 1.78. The molecule has 2 aromatic carbocycles. The lowest BCUT2D eigenvalue weighted by Crippen LogP contribution is -2.71. The highest BCUT2D eigenvalue weighted by Crippen LogP contribution is 2.42. The zero-order valence-corrected chi connectivity index (χ0v) is 26.0. The van der Waals surface area contributed by atoms with E-state index in [4.69, 9.17) is 4.74 Å². The number of H-pyrrole nitrogens is 1. The van der Waals surface area contributed by atoms with Crippen LogP contribution in [-0.4, -0.2) is 78.1 Å². The SMILES string of the molecule is O=C(COc1ccccc1[N+](=O)[O-])NC(C(=O)NC1C(=O)N2C(C(=O)O)=C(CSc3nc4ccccc4[nH]3)CS[C@@H]12)c1cccs1. The van der Waals surface area contributed by atoms with Crippen molar-refractivity contribution in [1.82, 2.24) is 25.5 Å². The molecule has 2 aliphatic heterocycles. The van der Waals surface area contributed by atoms with E-state index in [2.05, 4.69) is 20.6 Å². The Hall–Kier alpha value is -4.87. The van der Waals surface area contributed by atoms with E-state index in [1.165, 1.54) is 64.0 Å². The van der Waals surface area contributed by atoms with Crippen LogP contribution in [-0.2, 0) is 19.2 Å². The number of imidazole rings is 1. The number of nitro groups is 1. The second kappa shape index (κ2) is 13.2. The maximum atomic E-state index is 13.5. The number of carboxylic acids is 1. The third kappa shape index (κ3) is 6.29. The summed E-state index contributed by atoms with van der Waals surface area (Å²) in [5.74, 6) is -2.70. The van der Waals surface area contributed by atoms with Gasteiger partial charge in [-0.2, -0.15) is 0 Å². The minimum Gasteiger partial charge on any atom is -0.477 e. The Kier molecular flexibility index (Phi) is 8.96. The Morgan fingerprint density at radius 1 is 1.17 bits per heavy atom. The average Bonchev–Trinajstić information content (AvgIpc) is 3.74. The normalized spacial score (nSPS) is 18.0. The number of thioether (sulfide) groups is 2. The molecule has 46 heavy (non-hydrogen) atoms. The van der Waals surface area contributed by atoms with Crippen molar-refractivity contribution in [1.29, 1.82) is 0 Å². The lowest BCUT2D eigenvalue weighted by atomic mass is 10.0. The van der Waals surface area contributed by atoms with Crippen LogP contribution < -0.4 is 15.4 Å². The van der Waals surface area contributed by atoms with Gasteiger partial charge in [-0.15, -0.1) is 23.1 Å². The van der Waals surface area contributed by atoms with Crippen LogP contribution in [0.4, 0.5) is 5.69 Å². The van der Waals surface area contributed by atoms with Crippen LogP contribution in [0.5, 0.6) is 5.75 Å². The summed E-state index contributed by atoms with van der Waals surface area (Å²) in [4.78, 5) is 71.8. The van der Waals surface area contributed by atoms with E-state index < -0.39 is 52.7 Å². The molecule has 0 aliphatic carbocycles. The van der Waals surface area contributed by atoms with Crippen molar-refractivity contribution in [3.05, 3.63) is 92.3 Å². The zero-order chi connectivity index (χ0) is 32.4. The first kappa shape index (κ1) is 31.1. The number of benzene rings is 2. The summed E-state index contributed by atoms with van der Waals surface area (Å²) in [6, 6.07) is 14.2. The van der Waals surface area contributed by atoms with E-state index >= 15 is 0 Å². The topological polar surface area (TPSA) is 197 Å². The van der Waals surface area contributed by atoms with Crippen molar-refractivity contribution in [3.8, 4) is 5.75 Å². The van der Waals surface area contributed by atoms with E-state index in [0.717, 1.165) is 11.0 Å². The Balaban J connectivity index is 1.11. The number of nitrogens with one attached hydrogen (secondary N) is 3. The average molecular weight is 681 g/mol. The number of hydrogen-bond donors (Lipinski definition) is 4. The van der Waals surface area contributed by atoms with Gasteiger partial charge in [0.2, 0.25) is 5.91 Å². The molecule has 4 aromatic rings. The van der Waals surface area contributed by atoms with Gasteiger partial charge in [0.15, 0.2) is 17.5 Å². The van der Waals surface area contributed by atoms with E-state index in [1.54, 1.807) is 17.5 Å². The highest BCUT2D eigenvalue weighted by Gasteiger charge is 2.54. The molecular formula is C29H24N6O8S3. The van der Waals surface area contributed by atoms with Crippen molar-refractivity contribution < 1.29 is 33.9 Å². The molecular weight excluding hydrogens is 657 g/mol. The van der Waals surface area contributed by atoms with Gasteiger partial charge in [0.25, 0.3) is 11.8 Å². The van der Waals surface area contributed by atoms with Crippen LogP contribution in [0.3, 0.4) is 0 Å². The molecule has 1 saturated heterocycles. The molecule has 17 heteroatoms. The monoisotopic (exact) mass is 680 g/mol. The lowest BCUT2D eigenvalue weighted by molar-refractivity contribution is -0.385. The molecule has 236 valence electrons. The van der Waals surface area contributed by atoms with Gasteiger partial charge in [-0.25, -0.2) is 9.78 Å². The standard InChI is InChI=1S/C29H24N6O8S3/c36-21(12-43-19-9-4-3-8-18(19)35(41)42)32-22(20-10-5-11-44-20)25(37)33-23-26(38)34-24(28(39)40)15(13-45-27(23)34)14-46-29-30-16-6-1-2-7-17(16)31-29/h1-11,22-23,27H,12-14H2,(H,30,31)(H,32,36)(H,33,37)(H,39,40)/t22?,23?,27-/m0/s1. The van der Waals surface area contributed by atoms with E-state index in [1.807, 2.05) is 24.3 Å². The molecule has 6 rings (SSSR count). The highest BCUT2D eigenvalue weighted by atomic mass is 32.2. The minimum absolute atomic E-state index is 0.105. The van der Waals surface area contributed by atoms with Crippen LogP contribution in [0, 0.1) is 10.1 Å². The molecule has 1 fully saturated rings. The van der Waals surface area contributed by atoms with Crippen LogP contribution >= 0.6 is 34.9 Å². The summed E-state index contributed by atoms with van der Waals surface area (Å²) >= 11 is 3.88. The molecule has 0 bridgehead atoms. The zero-order valence-electron chi connectivity index (χ0n) is 23.6. The number of ether oxygens (including phenoxy) is 1. The Bertz CT molecular complexity index is 1840. The summed E-state index contributed by atoms with van der Waals surface area (Å²) in [5, 5.41) is 28.2. The summed E-state index contributed by atoms with van der Waals surface area (Å²) in [6.45, 7) is -0.601. The van der Waals surface area contributed by atoms with Gasteiger partial charge in [0.1, 0.15) is 23.2 Å². The van der Waals surface area contributed by atoms with Crippen molar-refractivity contribution in [2.45, 2.75) is 22.6 Å². The fourth-order valence-electron chi connectivity index (χ4n) is 4.98. The second-order valence-electron chi connectivity index (χ2n) is 10.0. The summed E-state index contributed by atoms with van der Waals surface area (Å²) in [7, 11) is 0. The van der Waals surface area contributed by atoms with E-state index in [9.17, 15) is 34.4 Å². The molecule has 0 spiro atoms. The molecule has 2 aromatic heterocycles. The van der Waals surface area contributed by atoms with Gasteiger partial charge in [-0.3, -0.25) is 29.4 Å². The molecule has 4 N–H and O–H groups in total. The third-order valence-electron chi connectivity index (χ3n) is 7.11. The Labute approximate surface area is 272 Å². The molecule has 14 nitrogen and oxygen atoms in total. The fraction of sp³-hybridized carbons (Fsp3) is 0.207. The number of para-hydroxylation sites is 4. The quantitative estimate of drug-likeness (QED) is 0.0742. The molecule has 0 saturated carbocycles. The van der Waals surface area contributed by atoms with Crippen LogP contribution in [0.25, 0.3) is 11.0 Å². The van der Waals surface area contributed by atoms with Crippen LogP contribution in [0.2, 0.25) is 0 Å². The first-order valence-corrected chi connectivity index (χ1v) is 16.6. The number of carbonyl (C=O) groups is 4. The van der Waals surface area contributed by atoms with Gasteiger partial charge < -0.3 is 25.5 Å². The Morgan fingerprint density at radius 2 is 1.96 bits per heavy atom. The van der Waals surface area contributed by atoms with Gasteiger partial charge in [-0.05, 0) is 35.2 Å². The van der Waals surface area contributed by atoms with Crippen molar-refractivity contribution in [2.24, 2.45) is 0 Å². The molecule has 4 heterocycles. The largest absolute Gasteiger partial charge is 0.477 e. The smallest absolute Gasteiger partial charge is 0.352 e. The summed E-state index contributed by atoms with van der Waals surface area (Å²) < 4.78 is 5.35. The van der Waals surface area contributed by atoms with Crippen molar-refractivity contribution >= 4 is 75.3 Å². The first-order chi connectivity index (χ1) is 22.2. The number of rotatable bonds is 12. The summed E-state index contributed by atoms with van der Waals surface area (Å²) in [6.07, 6.45) is 0.